The van der Waals surface area contributed by atoms with Crippen molar-refractivity contribution in [1.29, 1.82) is 0 Å². The van der Waals surface area contributed by atoms with Gasteiger partial charge in [0.15, 0.2) is 5.78 Å². The molecule has 4 saturated heterocycles. The normalized spacial score (nSPS) is 25.3. The number of carbonyl (C=O) groups is 1. The van der Waals surface area contributed by atoms with Gasteiger partial charge in [-0.25, -0.2) is 0 Å². The molecule has 38 heavy (non-hydrogen) atoms. The van der Waals surface area contributed by atoms with Gasteiger partial charge in [-0.1, -0.05) is 10.2 Å². The smallest absolute Gasteiger partial charge is 0.196 e. The van der Waals surface area contributed by atoms with Crippen molar-refractivity contribution in [2.24, 2.45) is 10.2 Å². The van der Waals surface area contributed by atoms with E-state index < -0.39 is 0 Å². The van der Waals surface area contributed by atoms with Crippen molar-refractivity contribution in [1.82, 2.24) is 29.4 Å². The predicted octanol–water partition coefficient (Wildman–Crippen LogP) is -0.272. The van der Waals surface area contributed by atoms with Crippen molar-refractivity contribution in [3.8, 4) is 0 Å². The van der Waals surface area contributed by atoms with Crippen molar-refractivity contribution in [3.05, 3.63) is 20.9 Å². The van der Waals surface area contributed by atoms with Crippen molar-refractivity contribution in [2.75, 3.05) is 131 Å². The Morgan fingerprint density at radius 1 is 0.605 bits per heavy atom. The first-order valence-electron chi connectivity index (χ1n) is 13.8. The molecule has 0 aliphatic carbocycles. The van der Waals surface area contributed by atoms with Crippen molar-refractivity contribution in [3.63, 3.8) is 0 Å². The lowest BCUT2D eigenvalue weighted by Gasteiger charge is -2.49. The second-order valence-electron chi connectivity index (χ2n) is 10.1. The van der Waals surface area contributed by atoms with Crippen LogP contribution in [0.15, 0.2) is 10.2 Å². The number of ketones is 1. The molecule has 0 aromatic heterocycles. The summed E-state index contributed by atoms with van der Waals surface area (Å²) in [5.41, 5.74) is 17.2. The van der Waals surface area contributed by atoms with E-state index in [0.29, 0.717) is 39.5 Å². The minimum absolute atomic E-state index is 0.249. The van der Waals surface area contributed by atoms with Gasteiger partial charge in [-0.15, -0.1) is 0 Å². The zero-order valence-corrected chi connectivity index (χ0v) is 22.4. The zero-order chi connectivity index (χ0) is 26.6. The quantitative estimate of drug-likeness (QED) is 0.187. The summed E-state index contributed by atoms with van der Waals surface area (Å²) < 4.78 is 11.3. The molecular formula is C23H42N12O3. The molecule has 4 aliphatic heterocycles. The third-order valence-corrected chi connectivity index (χ3v) is 7.96. The number of carbonyl (C=O) groups excluding carboxylic acids is 1. The summed E-state index contributed by atoms with van der Waals surface area (Å²) in [6, 6.07) is 0. The number of hydrogen-bond donors (Lipinski definition) is 0. The van der Waals surface area contributed by atoms with Crippen molar-refractivity contribution in [2.45, 2.75) is 12.3 Å². The van der Waals surface area contributed by atoms with E-state index in [1.165, 1.54) is 0 Å². The lowest BCUT2D eigenvalue weighted by molar-refractivity contribution is -0.153. The van der Waals surface area contributed by atoms with Gasteiger partial charge >= 0.3 is 0 Å². The summed E-state index contributed by atoms with van der Waals surface area (Å²) >= 11 is 0. The van der Waals surface area contributed by atoms with Gasteiger partial charge < -0.3 is 19.3 Å². The van der Waals surface area contributed by atoms with Crippen LogP contribution in [0.5, 0.6) is 0 Å². The van der Waals surface area contributed by atoms with E-state index in [9.17, 15) is 4.79 Å². The molecule has 0 aromatic carbocycles. The van der Waals surface area contributed by atoms with Gasteiger partial charge in [-0.05, 0) is 11.1 Å². The van der Waals surface area contributed by atoms with Crippen LogP contribution >= 0.6 is 0 Å². The Kier molecular flexibility index (Phi) is 11.8. The van der Waals surface area contributed by atoms with Crippen LogP contribution in [0.25, 0.3) is 20.9 Å². The molecule has 0 amide bonds. The van der Waals surface area contributed by atoms with E-state index >= 15 is 0 Å². The summed E-state index contributed by atoms with van der Waals surface area (Å²) in [7, 11) is 0. The highest BCUT2D eigenvalue weighted by molar-refractivity contribution is 5.88. The second-order valence-corrected chi connectivity index (χ2v) is 10.1. The summed E-state index contributed by atoms with van der Waals surface area (Å²) in [4.78, 5) is 34.3. The molecule has 0 N–H and O–H groups in total. The number of Topliss-reactive ketones (excluding diaryl/α,β-unsaturated/α-hetero) is 1. The van der Waals surface area contributed by atoms with E-state index in [2.05, 4.69) is 49.5 Å². The molecule has 0 spiro atoms. The number of rotatable bonds is 12. The van der Waals surface area contributed by atoms with Crippen LogP contribution in [-0.2, 0) is 14.3 Å². The Morgan fingerprint density at radius 3 is 1.29 bits per heavy atom. The lowest BCUT2D eigenvalue weighted by Crippen LogP contribution is -2.68. The van der Waals surface area contributed by atoms with Gasteiger partial charge in [0.25, 0.3) is 0 Å². The molecule has 0 radical (unpaired) electrons. The molecule has 4 heterocycles. The molecule has 15 nitrogen and oxygen atoms in total. The van der Waals surface area contributed by atoms with Gasteiger partial charge in [-0.3, -0.25) is 24.4 Å². The molecule has 4 aliphatic rings. The maximum absolute atomic E-state index is 14.6. The van der Waals surface area contributed by atoms with Crippen LogP contribution in [0.3, 0.4) is 0 Å². The Labute approximate surface area is 224 Å². The first kappa shape index (κ1) is 29.0. The summed E-state index contributed by atoms with van der Waals surface area (Å²) in [5, 5.41) is 7.36. The average molecular weight is 535 g/mol. The van der Waals surface area contributed by atoms with Crippen molar-refractivity contribution >= 4 is 5.78 Å². The fourth-order valence-corrected chi connectivity index (χ4v) is 5.88. The van der Waals surface area contributed by atoms with Gasteiger partial charge in [-0.2, -0.15) is 0 Å². The van der Waals surface area contributed by atoms with E-state index in [4.69, 9.17) is 20.5 Å². The molecule has 0 saturated carbocycles. The van der Waals surface area contributed by atoms with E-state index in [1.54, 1.807) is 0 Å². The van der Waals surface area contributed by atoms with Gasteiger partial charge in [0.05, 0.1) is 26.4 Å². The maximum Gasteiger partial charge on any atom is 0.196 e. The standard InChI is InChI=1S/C23H42N12O3/c24-28-26-1-3-30-5-9-32(10-6-30)22(34-13-17-37-18-14-34)21(36)23(35-15-19-38-20-16-35)33-11-7-31(8-12-33)4-2-27-29-25/h22-23H,1-20H2. The molecule has 0 bridgehead atoms. The fourth-order valence-electron chi connectivity index (χ4n) is 5.88. The molecule has 15 heteroatoms. The first-order chi connectivity index (χ1) is 18.7. The molecule has 212 valence electrons. The summed E-state index contributed by atoms with van der Waals surface area (Å²) in [6.45, 7) is 14.6. The van der Waals surface area contributed by atoms with Crippen LogP contribution in [0.4, 0.5) is 0 Å². The van der Waals surface area contributed by atoms with E-state index in [1.807, 2.05) is 0 Å². The Bertz CT molecular complexity index is 757. The monoisotopic (exact) mass is 534 g/mol. The highest BCUT2D eigenvalue weighted by atomic mass is 16.5. The highest BCUT2D eigenvalue weighted by Crippen LogP contribution is 2.21. The van der Waals surface area contributed by atoms with Crippen LogP contribution in [0.2, 0.25) is 0 Å². The summed E-state index contributed by atoms with van der Waals surface area (Å²) in [5.74, 6) is 0.249. The number of nitrogens with zero attached hydrogens (tertiary/aromatic N) is 12. The lowest BCUT2D eigenvalue weighted by atomic mass is 10.1. The van der Waals surface area contributed by atoms with Crippen LogP contribution in [0, 0.1) is 0 Å². The van der Waals surface area contributed by atoms with Crippen LogP contribution in [-0.4, -0.2) is 179 Å². The molecule has 0 aromatic rings. The Hall–Kier alpha value is -2.03. The van der Waals surface area contributed by atoms with Gasteiger partial charge in [0, 0.05) is 115 Å². The summed E-state index contributed by atoms with van der Waals surface area (Å²) in [6.07, 6.45) is -0.594. The molecular weight excluding hydrogens is 492 g/mol. The highest BCUT2D eigenvalue weighted by Gasteiger charge is 2.43. The molecule has 2 unspecified atom stereocenters. The van der Waals surface area contributed by atoms with E-state index in [0.717, 1.165) is 91.6 Å². The first-order valence-corrected chi connectivity index (χ1v) is 13.8. The third-order valence-electron chi connectivity index (χ3n) is 7.96. The zero-order valence-electron chi connectivity index (χ0n) is 22.4. The average Bonchev–Trinajstić information content (AvgIpc) is 2.96. The minimum atomic E-state index is -0.297. The molecule has 4 rings (SSSR count). The number of hydrogen-bond acceptors (Lipinski definition) is 11. The van der Waals surface area contributed by atoms with Crippen LogP contribution < -0.4 is 0 Å². The molecule has 4 fully saturated rings. The number of azide groups is 2. The molecule has 2 atom stereocenters. The predicted molar refractivity (Wildman–Crippen MR) is 141 cm³/mol. The van der Waals surface area contributed by atoms with Gasteiger partial charge in [0.2, 0.25) is 0 Å². The fraction of sp³-hybridized carbons (Fsp3) is 0.957. The van der Waals surface area contributed by atoms with E-state index in [-0.39, 0.29) is 18.1 Å². The van der Waals surface area contributed by atoms with Crippen LogP contribution in [0.1, 0.15) is 0 Å². The second kappa shape index (κ2) is 15.5. The topological polar surface area (TPSA) is 152 Å². The Morgan fingerprint density at radius 2 is 0.947 bits per heavy atom. The number of ether oxygens (including phenoxy) is 2. The SMILES string of the molecule is [N-]=[N+]=NCCN1CCN(C(C(=O)C(N2CCOCC2)N2CCN(CCN=[N+]=[N-])CC2)N2CCOCC2)CC1. The minimum Gasteiger partial charge on any atom is -0.379 e. The van der Waals surface area contributed by atoms with Crippen molar-refractivity contribution < 1.29 is 14.3 Å². The number of piperazine rings is 2. The van der Waals surface area contributed by atoms with Gasteiger partial charge in [0.1, 0.15) is 12.3 Å². The third kappa shape index (κ3) is 7.99. The maximum atomic E-state index is 14.6. The Balaban J connectivity index is 1.48. The number of morpholine rings is 2. The largest absolute Gasteiger partial charge is 0.379 e.